The average molecular weight is 262 g/mol. The van der Waals surface area contributed by atoms with Gasteiger partial charge in [0.2, 0.25) is 0 Å². The molecule has 1 atom stereocenters. The lowest BCUT2D eigenvalue weighted by molar-refractivity contribution is 0.683. The van der Waals surface area contributed by atoms with E-state index in [4.69, 9.17) is 10.3 Å². The quantitative estimate of drug-likeness (QED) is 0.743. The molecule has 0 aromatic heterocycles. The normalized spacial score (nSPS) is 11.4. The highest BCUT2D eigenvalue weighted by molar-refractivity contribution is 6.12. The van der Waals surface area contributed by atoms with Crippen LogP contribution >= 0.6 is 0 Å². The minimum absolute atomic E-state index is 0.144. The molecule has 0 bridgehead atoms. The first kappa shape index (κ1) is 14.0. The molecule has 0 amide bonds. The monoisotopic (exact) mass is 262 g/mol. The molecular weight excluding hydrogens is 244 g/mol. The Kier molecular flexibility index (Phi) is 5.08. The van der Waals surface area contributed by atoms with Crippen molar-refractivity contribution >= 4 is 5.71 Å². The number of nitrogens with zero attached hydrogens (tertiary/aromatic N) is 2. The Morgan fingerprint density at radius 1 is 1.00 bits per heavy atom. The lowest BCUT2D eigenvalue weighted by Gasteiger charge is -2.11. The van der Waals surface area contributed by atoms with Crippen molar-refractivity contribution in [2.24, 2.45) is 4.99 Å². The van der Waals surface area contributed by atoms with E-state index in [-0.39, 0.29) is 6.04 Å². The van der Waals surface area contributed by atoms with Gasteiger partial charge in [0.1, 0.15) is 0 Å². The molecular formula is C18H18N2. The summed E-state index contributed by atoms with van der Waals surface area (Å²) < 4.78 is 0. The molecule has 0 unspecified atom stereocenters. The second-order valence-electron chi connectivity index (χ2n) is 4.76. The Morgan fingerprint density at radius 2 is 1.50 bits per heavy atom. The second-order valence-corrected chi connectivity index (χ2v) is 4.76. The van der Waals surface area contributed by atoms with Crippen LogP contribution in [0.3, 0.4) is 0 Å². The van der Waals surface area contributed by atoms with E-state index in [1.54, 1.807) is 0 Å². The number of benzene rings is 2. The molecule has 0 N–H and O–H groups in total. The summed E-state index contributed by atoms with van der Waals surface area (Å²) >= 11 is 0. The van der Waals surface area contributed by atoms with E-state index < -0.39 is 0 Å². The average Bonchev–Trinajstić information content (AvgIpc) is 2.52. The van der Waals surface area contributed by atoms with Crippen molar-refractivity contribution in [2.45, 2.75) is 25.8 Å². The zero-order valence-electron chi connectivity index (χ0n) is 11.7. The van der Waals surface area contributed by atoms with E-state index in [0.29, 0.717) is 6.42 Å². The predicted molar refractivity (Wildman–Crippen MR) is 82.8 cm³/mol. The van der Waals surface area contributed by atoms with Gasteiger partial charge in [-0.15, -0.1) is 0 Å². The molecule has 2 aromatic carbocycles. The van der Waals surface area contributed by atoms with Gasteiger partial charge in [-0.05, 0) is 13.3 Å². The largest absolute Gasteiger partial charge is 0.281 e. The molecule has 0 saturated heterocycles. The number of aliphatic imine (C=N–C) groups is 1. The van der Waals surface area contributed by atoms with Crippen molar-refractivity contribution in [2.75, 3.05) is 0 Å². The van der Waals surface area contributed by atoms with E-state index in [1.807, 2.05) is 36.4 Å². The van der Waals surface area contributed by atoms with Crippen LogP contribution in [0.5, 0.6) is 0 Å². The Bertz CT molecular complexity index is 553. The fourth-order valence-corrected chi connectivity index (χ4v) is 2.07. The zero-order chi connectivity index (χ0) is 14.2. The fourth-order valence-electron chi connectivity index (χ4n) is 2.07. The molecule has 2 heteroatoms. The molecule has 0 aliphatic rings. The Hall–Kier alpha value is -2.40. The minimum Gasteiger partial charge on any atom is -0.281 e. The van der Waals surface area contributed by atoms with E-state index in [9.17, 15) is 0 Å². The van der Waals surface area contributed by atoms with Crippen molar-refractivity contribution in [1.82, 2.24) is 0 Å². The lowest BCUT2D eigenvalue weighted by atomic mass is 10.0. The van der Waals surface area contributed by atoms with Crippen LogP contribution in [0.2, 0.25) is 0 Å². The summed E-state index contributed by atoms with van der Waals surface area (Å²) in [6.45, 7) is 2.06. The van der Waals surface area contributed by atoms with Gasteiger partial charge in [0, 0.05) is 23.6 Å². The highest BCUT2D eigenvalue weighted by atomic mass is 14.8. The van der Waals surface area contributed by atoms with Gasteiger partial charge < -0.3 is 0 Å². The van der Waals surface area contributed by atoms with Crippen LogP contribution in [-0.4, -0.2) is 11.8 Å². The Morgan fingerprint density at radius 3 is 1.95 bits per heavy atom. The molecule has 2 nitrogen and oxygen atoms in total. The Balaban J connectivity index is 2.35. The molecule has 0 aliphatic carbocycles. The molecule has 20 heavy (non-hydrogen) atoms. The first-order valence-electron chi connectivity index (χ1n) is 6.87. The maximum absolute atomic E-state index is 8.68. The number of hydrogen-bond donors (Lipinski definition) is 0. The van der Waals surface area contributed by atoms with Gasteiger partial charge >= 0.3 is 0 Å². The standard InChI is InChI=1S/C18H18N2/c1-15(9-8-14-19)20-18(16-10-4-2-5-11-16)17-12-6-3-7-13-17/h2-7,10-13,15H,8-9H2,1H3/t15-/m1/s1. The van der Waals surface area contributed by atoms with Crippen molar-refractivity contribution in [3.05, 3.63) is 71.8 Å². The maximum Gasteiger partial charge on any atom is 0.0722 e. The van der Waals surface area contributed by atoms with Gasteiger partial charge in [-0.2, -0.15) is 5.26 Å². The Labute approximate surface area is 120 Å². The van der Waals surface area contributed by atoms with Crippen LogP contribution in [0.15, 0.2) is 65.7 Å². The van der Waals surface area contributed by atoms with Crippen LogP contribution in [0.25, 0.3) is 0 Å². The molecule has 0 saturated carbocycles. The van der Waals surface area contributed by atoms with Crippen LogP contribution in [0, 0.1) is 11.3 Å². The third-order valence-corrected chi connectivity index (χ3v) is 3.12. The minimum atomic E-state index is 0.144. The van der Waals surface area contributed by atoms with Crippen LogP contribution in [-0.2, 0) is 0 Å². The molecule has 0 aliphatic heterocycles. The fraction of sp³-hybridized carbons (Fsp3) is 0.222. The first-order chi connectivity index (χ1) is 9.81. The van der Waals surface area contributed by atoms with E-state index in [1.165, 1.54) is 0 Å². The third-order valence-electron chi connectivity index (χ3n) is 3.12. The molecule has 2 rings (SSSR count). The SMILES string of the molecule is C[C@H](CCC#N)N=C(c1ccccc1)c1ccccc1. The summed E-state index contributed by atoms with van der Waals surface area (Å²) in [5, 5.41) is 8.68. The van der Waals surface area contributed by atoms with Gasteiger partial charge in [-0.25, -0.2) is 0 Å². The van der Waals surface area contributed by atoms with Crippen LogP contribution in [0.4, 0.5) is 0 Å². The van der Waals surface area contributed by atoms with Crippen molar-refractivity contribution in [3.8, 4) is 6.07 Å². The van der Waals surface area contributed by atoms with Gasteiger partial charge in [0.05, 0.1) is 11.8 Å². The van der Waals surface area contributed by atoms with Gasteiger partial charge in [-0.1, -0.05) is 60.7 Å². The van der Waals surface area contributed by atoms with Crippen molar-refractivity contribution < 1.29 is 0 Å². The summed E-state index contributed by atoms with van der Waals surface area (Å²) in [5.41, 5.74) is 3.22. The number of hydrogen-bond acceptors (Lipinski definition) is 2. The second kappa shape index (κ2) is 7.25. The van der Waals surface area contributed by atoms with E-state index in [2.05, 4.69) is 37.3 Å². The summed E-state index contributed by atoms with van der Waals surface area (Å²) in [5.74, 6) is 0. The lowest BCUT2D eigenvalue weighted by Crippen LogP contribution is -2.08. The zero-order valence-corrected chi connectivity index (χ0v) is 11.7. The molecule has 0 heterocycles. The van der Waals surface area contributed by atoms with Crippen molar-refractivity contribution in [3.63, 3.8) is 0 Å². The third kappa shape index (κ3) is 3.80. The summed E-state index contributed by atoms with van der Waals surface area (Å²) in [6.07, 6.45) is 1.33. The van der Waals surface area contributed by atoms with Crippen LogP contribution in [0.1, 0.15) is 30.9 Å². The number of rotatable bonds is 5. The number of nitriles is 1. The summed E-state index contributed by atoms with van der Waals surface area (Å²) in [7, 11) is 0. The maximum atomic E-state index is 8.68. The smallest absolute Gasteiger partial charge is 0.0722 e. The van der Waals surface area contributed by atoms with Crippen molar-refractivity contribution in [1.29, 1.82) is 5.26 Å². The first-order valence-corrected chi connectivity index (χ1v) is 6.87. The van der Waals surface area contributed by atoms with Gasteiger partial charge in [0.25, 0.3) is 0 Å². The van der Waals surface area contributed by atoms with Gasteiger partial charge in [-0.3, -0.25) is 4.99 Å². The molecule has 0 radical (unpaired) electrons. The summed E-state index contributed by atoms with van der Waals surface area (Å²) in [6, 6.07) is 22.7. The predicted octanol–water partition coefficient (Wildman–Crippen LogP) is 4.22. The van der Waals surface area contributed by atoms with E-state index >= 15 is 0 Å². The summed E-state index contributed by atoms with van der Waals surface area (Å²) in [4.78, 5) is 4.82. The topological polar surface area (TPSA) is 36.1 Å². The van der Waals surface area contributed by atoms with Crippen LogP contribution < -0.4 is 0 Å². The van der Waals surface area contributed by atoms with Gasteiger partial charge in [0.15, 0.2) is 0 Å². The molecule has 0 spiro atoms. The highest BCUT2D eigenvalue weighted by Gasteiger charge is 2.08. The molecule has 2 aromatic rings. The highest BCUT2D eigenvalue weighted by Crippen LogP contribution is 2.13. The van der Waals surface area contributed by atoms with E-state index in [0.717, 1.165) is 23.3 Å². The molecule has 0 fully saturated rings. The molecule has 100 valence electrons.